The fourth-order valence-corrected chi connectivity index (χ4v) is 2.19. The van der Waals surface area contributed by atoms with Gasteiger partial charge in [0.2, 0.25) is 0 Å². The van der Waals surface area contributed by atoms with Gasteiger partial charge in [0.05, 0.1) is 17.7 Å². The number of rotatable bonds is 4. The van der Waals surface area contributed by atoms with Gasteiger partial charge < -0.3 is 15.0 Å². The van der Waals surface area contributed by atoms with Crippen LogP contribution in [0.2, 0.25) is 0 Å². The zero-order valence-corrected chi connectivity index (χ0v) is 11.4. The van der Waals surface area contributed by atoms with Crippen molar-refractivity contribution in [1.82, 2.24) is 9.55 Å². The van der Waals surface area contributed by atoms with E-state index in [4.69, 9.17) is 10.5 Å². The molecule has 1 aromatic carbocycles. The highest BCUT2D eigenvalue weighted by Gasteiger charge is 2.05. The van der Waals surface area contributed by atoms with Crippen LogP contribution in [0.1, 0.15) is 0 Å². The monoisotopic (exact) mass is 281 g/mol. The topological polar surface area (TPSA) is 70.1 Å². The summed E-state index contributed by atoms with van der Waals surface area (Å²) in [6, 6.07) is 12.4. The number of nitrogens with two attached hydrogens (primary N) is 1. The van der Waals surface area contributed by atoms with Crippen molar-refractivity contribution in [2.75, 3.05) is 12.3 Å². The minimum absolute atomic E-state index is 0.0371. The summed E-state index contributed by atoms with van der Waals surface area (Å²) >= 11 is 0. The van der Waals surface area contributed by atoms with Crippen LogP contribution in [0.4, 0.5) is 5.69 Å². The largest absolute Gasteiger partial charge is 0.491 e. The molecule has 5 nitrogen and oxygen atoms in total. The number of ether oxygens (including phenoxy) is 1. The Morgan fingerprint density at radius 3 is 2.90 bits per heavy atom. The molecule has 0 saturated carbocycles. The maximum atomic E-state index is 11.6. The Morgan fingerprint density at radius 2 is 2.05 bits per heavy atom. The van der Waals surface area contributed by atoms with Crippen LogP contribution < -0.4 is 16.0 Å². The van der Waals surface area contributed by atoms with Gasteiger partial charge in [-0.2, -0.15) is 0 Å². The summed E-state index contributed by atoms with van der Waals surface area (Å²) in [4.78, 5) is 15.9. The molecule has 3 aromatic rings. The van der Waals surface area contributed by atoms with Crippen LogP contribution in [0.15, 0.2) is 59.7 Å². The lowest BCUT2D eigenvalue weighted by molar-refractivity contribution is 0.299. The van der Waals surface area contributed by atoms with Gasteiger partial charge in [0.15, 0.2) is 0 Å². The van der Waals surface area contributed by atoms with Crippen LogP contribution in [-0.2, 0) is 6.54 Å². The summed E-state index contributed by atoms with van der Waals surface area (Å²) in [5.74, 6) is 0.719. The smallest absolute Gasteiger partial charge is 0.250 e. The molecule has 2 N–H and O–H groups in total. The number of benzene rings is 1. The second kappa shape index (κ2) is 5.66. The Labute approximate surface area is 121 Å². The van der Waals surface area contributed by atoms with Crippen molar-refractivity contribution in [3.05, 3.63) is 65.2 Å². The number of pyridine rings is 2. The third-order valence-electron chi connectivity index (χ3n) is 3.25. The SMILES string of the molecule is Nc1ccc(OCCn2ccccc2=O)c2cccnc12. The van der Waals surface area contributed by atoms with Gasteiger partial charge in [-0.3, -0.25) is 9.78 Å². The lowest BCUT2D eigenvalue weighted by Crippen LogP contribution is -2.21. The fourth-order valence-electron chi connectivity index (χ4n) is 2.19. The Morgan fingerprint density at radius 1 is 1.14 bits per heavy atom. The summed E-state index contributed by atoms with van der Waals surface area (Å²) in [5.41, 5.74) is 7.22. The molecule has 21 heavy (non-hydrogen) atoms. The first-order valence-corrected chi connectivity index (χ1v) is 6.67. The average Bonchev–Trinajstić information content (AvgIpc) is 2.52. The van der Waals surface area contributed by atoms with Crippen molar-refractivity contribution in [3.63, 3.8) is 0 Å². The highest BCUT2D eigenvalue weighted by atomic mass is 16.5. The van der Waals surface area contributed by atoms with Crippen LogP contribution in [0.25, 0.3) is 10.9 Å². The molecule has 0 atom stereocenters. The molecule has 0 unspecified atom stereocenters. The molecular weight excluding hydrogens is 266 g/mol. The predicted octanol–water partition coefficient (Wildman–Crippen LogP) is 2.06. The molecule has 5 heteroatoms. The molecule has 3 rings (SSSR count). The van der Waals surface area contributed by atoms with E-state index in [1.54, 1.807) is 29.1 Å². The van der Waals surface area contributed by atoms with E-state index in [1.807, 2.05) is 24.3 Å². The number of nitrogen functional groups attached to an aromatic ring is 1. The Hall–Kier alpha value is -2.82. The lowest BCUT2D eigenvalue weighted by Gasteiger charge is -2.11. The molecule has 0 aliphatic rings. The Balaban J connectivity index is 1.79. The third kappa shape index (κ3) is 2.72. The van der Waals surface area contributed by atoms with Crippen molar-refractivity contribution in [2.45, 2.75) is 6.54 Å². The summed E-state index contributed by atoms with van der Waals surface area (Å²) in [7, 11) is 0. The van der Waals surface area contributed by atoms with E-state index in [0.29, 0.717) is 18.8 Å². The lowest BCUT2D eigenvalue weighted by atomic mass is 10.2. The van der Waals surface area contributed by atoms with Crippen molar-refractivity contribution < 1.29 is 4.74 Å². The minimum Gasteiger partial charge on any atom is -0.491 e. The number of aromatic nitrogens is 2. The van der Waals surface area contributed by atoms with E-state index in [-0.39, 0.29) is 5.56 Å². The van der Waals surface area contributed by atoms with E-state index in [2.05, 4.69) is 4.98 Å². The van der Waals surface area contributed by atoms with Gasteiger partial charge in [-0.15, -0.1) is 0 Å². The van der Waals surface area contributed by atoms with Crippen LogP contribution >= 0.6 is 0 Å². The molecule has 0 amide bonds. The zero-order valence-electron chi connectivity index (χ0n) is 11.4. The first kappa shape index (κ1) is 13.2. The standard InChI is InChI=1S/C16H15N3O2/c17-13-6-7-14(12-4-3-8-18-16(12)13)21-11-10-19-9-2-1-5-15(19)20/h1-9H,10-11,17H2. The second-order valence-corrected chi connectivity index (χ2v) is 4.63. The normalized spacial score (nSPS) is 10.7. The maximum absolute atomic E-state index is 11.6. The van der Waals surface area contributed by atoms with E-state index in [0.717, 1.165) is 16.7 Å². The molecule has 0 bridgehead atoms. The first-order valence-electron chi connectivity index (χ1n) is 6.67. The molecule has 0 aliphatic carbocycles. The molecule has 106 valence electrons. The fraction of sp³-hybridized carbons (Fsp3) is 0.125. The Bertz CT molecular complexity index is 827. The summed E-state index contributed by atoms with van der Waals surface area (Å²) < 4.78 is 7.39. The zero-order chi connectivity index (χ0) is 14.7. The van der Waals surface area contributed by atoms with Crippen molar-refractivity contribution in [2.24, 2.45) is 0 Å². The van der Waals surface area contributed by atoms with E-state index < -0.39 is 0 Å². The van der Waals surface area contributed by atoms with Gasteiger partial charge in [0.1, 0.15) is 12.4 Å². The molecular formula is C16H15N3O2. The molecule has 2 aromatic heterocycles. The molecule has 0 fully saturated rings. The molecule has 0 saturated heterocycles. The third-order valence-corrected chi connectivity index (χ3v) is 3.25. The van der Waals surface area contributed by atoms with Gasteiger partial charge in [-0.1, -0.05) is 6.07 Å². The van der Waals surface area contributed by atoms with Gasteiger partial charge in [0.25, 0.3) is 5.56 Å². The van der Waals surface area contributed by atoms with Crippen molar-refractivity contribution in [3.8, 4) is 5.75 Å². The molecule has 2 heterocycles. The highest BCUT2D eigenvalue weighted by Crippen LogP contribution is 2.28. The van der Waals surface area contributed by atoms with E-state index in [9.17, 15) is 4.79 Å². The average molecular weight is 281 g/mol. The summed E-state index contributed by atoms with van der Waals surface area (Å²) in [6.45, 7) is 0.892. The van der Waals surface area contributed by atoms with Gasteiger partial charge in [-0.25, -0.2) is 0 Å². The molecule has 0 spiro atoms. The second-order valence-electron chi connectivity index (χ2n) is 4.63. The van der Waals surface area contributed by atoms with Gasteiger partial charge in [0, 0.05) is 23.8 Å². The number of anilines is 1. The Kier molecular flexibility index (Phi) is 3.55. The minimum atomic E-state index is -0.0371. The maximum Gasteiger partial charge on any atom is 0.250 e. The van der Waals surface area contributed by atoms with Gasteiger partial charge in [-0.05, 0) is 30.3 Å². The molecule has 0 aliphatic heterocycles. The summed E-state index contributed by atoms with van der Waals surface area (Å²) in [5, 5.41) is 0.873. The van der Waals surface area contributed by atoms with Crippen LogP contribution in [0, 0.1) is 0 Å². The first-order chi connectivity index (χ1) is 10.3. The number of nitrogens with zero attached hydrogens (tertiary/aromatic N) is 2. The molecule has 0 radical (unpaired) electrons. The predicted molar refractivity (Wildman–Crippen MR) is 82.4 cm³/mol. The van der Waals surface area contributed by atoms with Gasteiger partial charge >= 0.3 is 0 Å². The van der Waals surface area contributed by atoms with E-state index >= 15 is 0 Å². The van der Waals surface area contributed by atoms with Crippen molar-refractivity contribution >= 4 is 16.6 Å². The van der Waals surface area contributed by atoms with Crippen LogP contribution in [0.5, 0.6) is 5.75 Å². The van der Waals surface area contributed by atoms with Crippen LogP contribution in [-0.4, -0.2) is 16.2 Å². The highest BCUT2D eigenvalue weighted by molar-refractivity contribution is 5.93. The number of hydrogen-bond donors (Lipinski definition) is 1. The quantitative estimate of drug-likeness (QED) is 0.743. The summed E-state index contributed by atoms with van der Waals surface area (Å²) in [6.07, 6.45) is 3.44. The number of fused-ring (bicyclic) bond motifs is 1. The van der Waals surface area contributed by atoms with Crippen LogP contribution in [0.3, 0.4) is 0 Å². The van der Waals surface area contributed by atoms with Crippen molar-refractivity contribution in [1.29, 1.82) is 0 Å². The van der Waals surface area contributed by atoms with E-state index in [1.165, 1.54) is 6.07 Å². The number of hydrogen-bond acceptors (Lipinski definition) is 4.